The molecular formula is C7H10N4O. The molecule has 1 aromatic heterocycles. The number of aromatic amines is 1. The topological polar surface area (TPSA) is 62.8 Å². The molecule has 5 heteroatoms. The summed E-state index contributed by atoms with van der Waals surface area (Å²) < 4.78 is 5.60. The molecule has 2 aliphatic heterocycles. The summed E-state index contributed by atoms with van der Waals surface area (Å²) in [5, 5.41) is 14.0. The number of H-pyrrole nitrogens is 1. The minimum atomic E-state index is 0.319. The molecule has 0 bridgehead atoms. The highest BCUT2D eigenvalue weighted by molar-refractivity contribution is 5.20. The number of rotatable bonds is 0. The van der Waals surface area contributed by atoms with Gasteiger partial charge in [-0.05, 0) is 0 Å². The van der Waals surface area contributed by atoms with E-state index in [-0.39, 0.29) is 0 Å². The Balaban J connectivity index is 2.04. The lowest BCUT2D eigenvalue weighted by Crippen LogP contribution is -2.26. The van der Waals surface area contributed by atoms with Crippen molar-refractivity contribution in [2.75, 3.05) is 13.1 Å². The minimum Gasteiger partial charge on any atom is -0.370 e. The van der Waals surface area contributed by atoms with E-state index in [0.29, 0.717) is 18.6 Å². The van der Waals surface area contributed by atoms with E-state index in [9.17, 15) is 0 Å². The van der Waals surface area contributed by atoms with Crippen molar-refractivity contribution in [1.82, 2.24) is 20.7 Å². The molecule has 1 fully saturated rings. The summed E-state index contributed by atoms with van der Waals surface area (Å²) in [7, 11) is 0. The first-order valence-electron chi connectivity index (χ1n) is 4.17. The summed E-state index contributed by atoms with van der Waals surface area (Å²) >= 11 is 0. The number of ether oxygens (including phenoxy) is 1. The molecule has 0 radical (unpaired) electrons. The summed E-state index contributed by atoms with van der Waals surface area (Å²) in [6.45, 7) is 2.53. The van der Waals surface area contributed by atoms with E-state index in [1.165, 1.54) is 0 Å². The van der Waals surface area contributed by atoms with Crippen LogP contribution in [0.1, 0.15) is 17.3 Å². The first-order chi connectivity index (χ1) is 5.95. The van der Waals surface area contributed by atoms with Crippen molar-refractivity contribution in [1.29, 1.82) is 0 Å². The van der Waals surface area contributed by atoms with Crippen LogP contribution < -0.4 is 5.32 Å². The Kier molecular flexibility index (Phi) is 1.24. The largest absolute Gasteiger partial charge is 0.370 e. The predicted octanol–water partition coefficient (Wildman–Crippen LogP) is -0.610. The Morgan fingerprint density at radius 2 is 2.42 bits per heavy atom. The third-order valence-electron chi connectivity index (χ3n) is 2.62. The number of nitrogens with one attached hydrogen (secondary N) is 2. The van der Waals surface area contributed by atoms with Crippen LogP contribution in [-0.4, -0.2) is 34.6 Å². The zero-order valence-corrected chi connectivity index (χ0v) is 6.58. The number of hydrogen-bond donors (Lipinski definition) is 2. The van der Waals surface area contributed by atoms with Crippen LogP contribution in [0, 0.1) is 0 Å². The van der Waals surface area contributed by atoms with Gasteiger partial charge in [0.1, 0.15) is 5.69 Å². The van der Waals surface area contributed by atoms with Gasteiger partial charge in [-0.25, -0.2) is 0 Å². The van der Waals surface area contributed by atoms with Gasteiger partial charge in [0.05, 0.1) is 18.4 Å². The van der Waals surface area contributed by atoms with Gasteiger partial charge in [-0.3, -0.25) is 5.10 Å². The van der Waals surface area contributed by atoms with E-state index in [1.807, 2.05) is 0 Å². The number of nitrogens with zero attached hydrogens (tertiary/aromatic N) is 2. The molecule has 0 aliphatic carbocycles. The molecule has 1 aromatic rings. The van der Waals surface area contributed by atoms with Gasteiger partial charge in [-0.2, -0.15) is 0 Å². The SMILES string of the molecule is C1O[C@H]2CNC[C@H]2c2[nH]nnc21. The molecule has 5 nitrogen and oxygen atoms in total. The Bertz CT molecular complexity index is 297. The minimum absolute atomic E-state index is 0.319. The molecule has 0 saturated carbocycles. The van der Waals surface area contributed by atoms with Crippen molar-refractivity contribution in [3.8, 4) is 0 Å². The van der Waals surface area contributed by atoms with Gasteiger partial charge in [0.15, 0.2) is 0 Å². The second kappa shape index (κ2) is 2.27. The maximum atomic E-state index is 5.60. The average molecular weight is 166 g/mol. The zero-order valence-electron chi connectivity index (χ0n) is 6.58. The van der Waals surface area contributed by atoms with Gasteiger partial charge in [0.2, 0.25) is 0 Å². The van der Waals surface area contributed by atoms with E-state index in [4.69, 9.17) is 4.74 Å². The van der Waals surface area contributed by atoms with Crippen molar-refractivity contribution in [3.05, 3.63) is 11.4 Å². The van der Waals surface area contributed by atoms with Gasteiger partial charge >= 0.3 is 0 Å². The lowest BCUT2D eigenvalue weighted by Gasteiger charge is -2.22. The van der Waals surface area contributed by atoms with Gasteiger partial charge < -0.3 is 10.1 Å². The van der Waals surface area contributed by atoms with E-state index in [2.05, 4.69) is 20.7 Å². The van der Waals surface area contributed by atoms with Crippen LogP contribution in [0.3, 0.4) is 0 Å². The standard InChI is InChI=1S/C7H10N4O/c1-4-6(2-8-1)12-3-5-7(4)10-11-9-5/h4,6,8H,1-3H2,(H,9,10,11)/t4-,6+/m1/s1. The molecule has 3 rings (SSSR count). The first kappa shape index (κ1) is 6.56. The van der Waals surface area contributed by atoms with Crippen LogP contribution in [-0.2, 0) is 11.3 Å². The molecule has 2 N–H and O–H groups in total. The van der Waals surface area contributed by atoms with E-state index >= 15 is 0 Å². The van der Waals surface area contributed by atoms with Gasteiger partial charge in [-0.15, -0.1) is 5.10 Å². The summed E-state index contributed by atoms with van der Waals surface area (Å²) in [6.07, 6.45) is 0.319. The van der Waals surface area contributed by atoms with E-state index in [1.54, 1.807) is 0 Å². The number of aromatic nitrogens is 3. The van der Waals surface area contributed by atoms with Crippen LogP contribution in [0.4, 0.5) is 0 Å². The fourth-order valence-electron chi connectivity index (χ4n) is 1.96. The molecule has 2 aliphatic rings. The second-order valence-corrected chi connectivity index (χ2v) is 3.29. The quantitative estimate of drug-likeness (QED) is 0.539. The molecule has 0 amide bonds. The second-order valence-electron chi connectivity index (χ2n) is 3.29. The molecule has 3 heterocycles. The normalized spacial score (nSPS) is 33.0. The van der Waals surface area contributed by atoms with Crippen LogP contribution in [0.25, 0.3) is 0 Å². The van der Waals surface area contributed by atoms with E-state index < -0.39 is 0 Å². The van der Waals surface area contributed by atoms with Crippen molar-refractivity contribution >= 4 is 0 Å². The molecule has 0 unspecified atom stereocenters. The van der Waals surface area contributed by atoms with Crippen molar-refractivity contribution in [2.24, 2.45) is 0 Å². The highest BCUT2D eigenvalue weighted by Gasteiger charge is 2.36. The highest BCUT2D eigenvalue weighted by atomic mass is 16.5. The summed E-state index contributed by atoms with van der Waals surface area (Å²) in [5.74, 6) is 0.434. The zero-order chi connectivity index (χ0) is 7.97. The van der Waals surface area contributed by atoms with Crippen LogP contribution in [0.5, 0.6) is 0 Å². The third kappa shape index (κ3) is 0.748. The maximum Gasteiger partial charge on any atom is 0.112 e. The predicted molar refractivity (Wildman–Crippen MR) is 40.6 cm³/mol. The van der Waals surface area contributed by atoms with Crippen LogP contribution >= 0.6 is 0 Å². The fraction of sp³-hybridized carbons (Fsp3) is 0.714. The molecule has 0 spiro atoms. The Morgan fingerprint density at radius 1 is 1.42 bits per heavy atom. The summed E-state index contributed by atoms with van der Waals surface area (Å²) in [6, 6.07) is 0. The molecular weight excluding hydrogens is 156 g/mol. The Hall–Kier alpha value is -0.940. The van der Waals surface area contributed by atoms with Crippen molar-refractivity contribution in [2.45, 2.75) is 18.6 Å². The summed E-state index contributed by atoms with van der Waals surface area (Å²) in [5.41, 5.74) is 2.14. The lowest BCUT2D eigenvalue weighted by atomic mass is 9.98. The lowest BCUT2D eigenvalue weighted by molar-refractivity contribution is 0.0271. The fourth-order valence-corrected chi connectivity index (χ4v) is 1.96. The highest BCUT2D eigenvalue weighted by Crippen LogP contribution is 2.30. The van der Waals surface area contributed by atoms with Gasteiger partial charge in [0.25, 0.3) is 0 Å². The monoisotopic (exact) mass is 166 g/mol. The molecule has 1 saturated heterocycles. The first-order valence-corrected chi connectivity index (χ1v) is 4.17. The Labute approximate surface area is 69.5 Å². The molecule has 12 heavy (non-hydrogen) atoms. The smallest absolute Gasteiger partial charge is 0.112 e. The number of hydrogen-bond acceptors (Lipinski definition) is 4. The number of fused-ring (bicyclic) bond motifs is 3. The van der Waals surface area contributed by atoms with Crippen LogP contribution in [0.15, 0.2) is 0 Å². The third-order valence-corrected chi connectivity index (χ3v) is 2.62. The van der Waals surface area contributed by atoms with Gasteiger partial charge in [0, 0.05) is 19.0 Å². The van der Waals surface area contributed by atoms with Gasteiger partial charge in [-0.1, -0.05) is 5.21 Å². The maximum absolute atomic E-state index is 5.60. The molecule has 64 valence electrons. The van der Waals surface area contributed by atoms with Crippen molar-refractivity contribution < 1.29 is 4.74 Å². The van der Waals surface area contributed by atoms with Crippen molar-refractivity contribution in [3.63, 3.8) is 0 Å². The average Bonchev–Trinajstić information content (AvgIpc) is 2.71. The Morgan fingerprint density at radius 3 is 3.42 bits per heavy atom. The van der Waals surface area contributed by atoms with Crippen LogP contribution in [0.2, 0.25) is 0 Å². The molecule has 2 atom stereocenters. The molecule has 0 aromatic carbocycles. The summed E-state index contributed by atoms with van der Waals surface area (Å²) in [4.78, 5) is 0. The van der Waals surface area contributed by atoms with E-state index in [0.717, 1.165) is 24.5 Å².